The lowest BCUT2D eigenvalue weighted by Gasteiger charge is -2.08. The molecule has 0 saturated carbocycles. The Bertz CT molecular complexity index is 1130. The van der Waals surface area contributed by atoms with E-state index >= 15 is 0 Å². The van der Waals surface area contributed by atoms with Crippen LogP contribution in [0.15, 0.2) is 41.4 Å². The van der Waals surface area contributed by atoms with E-state index in [0.29, 0.717) is 16.3 Å². The van der Waals surface area contributed by atoms with E-state index in [1.165, 1.54) is 18.4 Å². The summed E-state index contributed by atoms with van der Waals surface area (Å²) in [5.74, 6) is 0.422. The van der Waals surface area contributed by atoms with E-state index < -0.39 is 5.97 Å². The third kappa shape index (κ3) is 4.65. The molecule has 3 rings (SSSR count). The number of methoxy groups -OCH3 is 3. The summed E-state index contributed by atoms with van der Waals surface area (Å²) < 4.78 is 18.0. The first kappa shape index (κ1) is 20.6. The molecule has 1 amide bonds. The summed E-state index contributed by atoms with van der Waals surface area (Å²) in [4.78, 5) is 29.2. The van der Waals surface area contributed by atoms with Gasteiger partial charge in [0.25, 0.3) is 5.91 Å². The molecule has 0 atom stereocenters. The predicted molar refractivity (Wildman–Crippen MR) is 110 cm³/mol. The number of aryl methyl sites for hydroxylation is 1. The van der Waals surface area contributed by atoms with Gasteiger partial charge in [-0.15, -0.1) is 0 Å². The SMILES string of the molecule is COC(=O)Cn1c(=NC(=O)Cc2ccc(OC)c(OC)c2)sc2cc(C)ccc21. The maximum absolute atomic E-state index is 12.6. The van der Waals surface area contributed by atoms with Crippen molar-refractivity contribution in [2.45, 2.75) is 19.9 Å². The van der Waals surface area contributed by atoms with E-state index in [4.69, 9.17) is 14.2 Å². The summed E-state index contributed by atoms with van der Waals surface area (Å²) in [5, 5.41) is 0. The van der Waals surface area contributed by atoms with Crippen LogP contribution in [0.4, 0.5) is 0 Å². The third-order valence-corrected chi connectivity index (χ3v) is 5.42. The van der Waals surface area contributed by atoms with Gasteiger partial charge in [-0.3, -0.25) is 9.59 Å². The van der Waals surface area contributed by atoms with Crippen molar-refractivity contribution < 1.29 is 23.8 Å². The zero-order valence-electron chi connectivity index (χ0n) is 16.7. The lowest BCUT2D eigenvalue weighted by atomic mass is 10.1. The highest BCUT2D eigenvalue weighted by Gasteiger charge is 2.13. The molecule has 0 aliphatic heterocycles. The molecule has 0 N–H and O–H groups in total. The Morgan fingerprint density at radius 2 is 1.79 bits per heavy atom. The summed E-state index contributed by atoms with van der Waals surface area (Å²) in [7, 11) is 4.44. The highest BCUT2D eigenvalue weighted by Crippen LogP contribution is 2.27. The van der Waals surface area contributed by atoms with Crippen molar-refractivity contribution in [3.8, 4) is 11.5 Å². The zero-order chi connectivity index (χ0) is 21.0. The van der Waals surface area contributed by atoms with Crippen molar-refractivity contribution in [2.24, 2.45) is 4.99 Å². The van der Waals surface area contributed by atoms with Crippen molar-refractivity contribution in [3.05, 3.63) is 52.3 Å². The van der Waals surface area contributed by atoms with Crippen molar-refractivity contribution in [3.63, 3.8) is 0 Å². The fraction of sp³-hybridized carbons (Fsp3) is 0.286. The smallest absolute Gasteiger partial charge is 0.325 e. The number of hydrogen-bond acceptors (Lipinski definition) is 6. The first-order chi connectivity index (χ1) is 13.9. The van der Waals surface area contributed by atoms with Crippen LogP contribution in [0, 0.1) is 6.92 Å². The molecule has 0 bridgehead atoms. The Kier molecular flexibility index (Phi) is 6.33. The molecule has 0 saturated heterocycles. The number of fused-ring (bicyclic) bond motifs is 1. The Morgan fingerprint density at radius 3 is 2.48 bits per heavy atom. The highest BCUT2D eigenvalue weighted by molar-refractivity contribution is 7.16. The average Bonchev–Trinajstić information content (AvgIpc) is 3.03. The summed E-state index contributed by atoms with van der Waals surface area (Å²) in [6.07, 6.45) is 0.103. The van der Waals surface area contributed by atoms with Gasteiger partial charge in [0.1, 0.15) is 6.54 Å². The maximum Gasteiger partial charge on any atom is 0.325 e. The molecule has 1 aromatic heterocycles. The van der Waals surface area contributed by atoms with Gasteiger partial charge < -0.3 is 18.8 Å². The molecule has 2 aromatic carbocycles. The minimum atomic E-state index is -0.404. The fourth-order valence-corrected chi connectivity index (χ4v) is 4.07. The lowest BCUT2D eigenvalue weighted by molar-refractivity contribution is -0.141. The van der Waals surface area contributed by atoms with Crippen LogP contribution in [-0.2, 0) is 27.3 Å². The number of ether oxygens (including phenoxy) is 3. The second kappa shape index (κ2) is 8.91. The summed E-state index contributed by atoms with van der Waals surface area (Å²) in [6, 6.07) is 11.2. The molecule has 3 aromatic rings. The number of hydrogen-bond donors (Lipinski definition) is 0. The summed E-state index contributed by atoms with van der Waals surface area (Å²) in [5.41, 5.74) is 2.68. The van der Waals surface area contributed by atoms with Crippen LogP contribution in [0.1, 0.15) is 11.1 Å². The standard InChI is InChI=1S/C21H22N2O5S/c1-13-5-7-15-18(9-13)29-21(23(15)12-20(25)28-4)22-19(24)11-14-6-8-16(26-2)17(10-14)27-3/h5-10H,11-12H2,1-4H3. The van der Waals surface area contributed by atoms with Crippen molar-refractivity contribution in [2.75, 3.05) is 21.3 Å². The highest BCUT2D eigenvalue weighted by atomic mass is 32.1. The van der Waals surface area contributed by atoms with Crippen LogP contribution >= 0.6 is 11.3 Å². The first-order valence-electron chi connectivity index (χ1n) is 8.90. The lowest BCUT2D eigenvalue weighted by Crippen LogP contribution is -2.22. The number of benzene rings is 2. The van der Waals surface area contributed by atoms with Crippen LogP contribution in [0.2, 0.25) is 0 Å². The number of esters is 1. The Balaban J connectivity index is 1.97. The van der Waals surface area contributed by atoms with Gasteiger partial charge in [0.05, 0.1) is 38.0 Å². The molecule has 8 heteroatoms. The molecule has 0 aliphatic rings. The van der Waals surface area contributed by atoms with E-state index in [-0.39, 0.29) is 18.9 Å². The van der Waals surface area contributed by atoms with E-state index in [2.05, 4.69) is 4.99 Å². The minimum absolute atomic E-state index is 0.0119. The number of carbonyl (C=O) groups excluding carboxylic acids is 2. The molecule has 0 radical (unpaired) electrons. The van der Waals surface area contributed by atoms with Gasteiger partial charge in [-0.05, 0) is 42.3 Å². The number of aromatic nitrogens is 1. The van der Waals surface area contributed by atoms with Gasteiger partial charge in [-0.2, -0.15) is 4.99 Å². The molecule has 0 spiro atoms. The number of carbonyl (C=O) groups is 2. The molecule has 152 valence electrons. The molecule has 7 nitrogen and oxygen atoms in total. The van der Waals surface area contributed by atoms with Crippen molar-refractivity contribution in [1.29, 1.82) is 0 Å². The summed E-state index contributed by atoms with van der Waals surface area (Å²) in [6.45, 7) is 1.98. The molecular formula is C21H22N2O5S. The third-order valence-electron chi connectivity index (χ3n) is 4.38. The van der Waals surface area contributed by atoms with Gasteiger partial charge in [-0.1, -0.05) is 23.5 Å². The van der Waals surface area contributed by atoms with Crippen LogP contribution < -0.4 is 14.3 Å². The van der Waals surface area contributed by atoms with Gasteiger partial charge in [0.2, 0.25) is 0 Å². The van der Waals surface area contributed by atoms with Crippen molar-refractivity contribution in [1.82, 2.24) is 4.57 Å². The molecule has 29 heavy (non-hydrogen) atoms. The van der Waals surface area contributed by atoms with Gasteiger partial charge in [0.15, 0.2) is 16.3 Å². The number of amides is 1. The Hall–Kier alpha value is -3.13. The number of rotatable bonds is 6. The summed E-state index contributed by atoms with van der Waals surface area (Å²) >= 11 is 1.37. The molecule has 0 fully saturated rings. The molecular weight excluding hydrogens is 392 g/mol. The average molecular weight is 414 g/mol. The first-order valence-corrected chi connectivity index (χ1v) is 9.72. The molecule has 0 aliphatic carbocycles. The van der Waals surface area contributed by atoms with E-state index in [9.17, 15) is 9.59 Å². The minimum Gasteiger partial charge on any atom is -0.493 e. The Morgan fingerprint density at radius 1 is 1.03 bits per heavy atom. The van der Waals surface area contributed by atoms with E-state index in [0.717, 1.165) is 21.3 Å². The monoisotopic (exact) mass is 414 g/mol. The second-order valence-electron chi connectivity index (χ2n) is 6.39. The number of thiazole rings is 1. The topological polar surface area (TPSA) is 79.1 Å². The molecule has 1 heterocycles. The molecule has 0 unspecified atom stereocenters. The van der Waals surface area contributed by atoms with Crippen molar-refractivity contribution >= 4 is 33.4 Å². The fourth-order valence-electron chi connectivity index (χ4n) is 2.92. The van der Waals surface area contributed by atoms with Gasteiger partial charge in [-0.25, -0.2) is 0 Å². The van der Waals surface area contributed by atoms with Crippen LogP contribution in [0.5, 0.6) is 11.5 Å². The predicted octanol–water partition coefficient (Wildman–Crippen LogP) is 2.87. The largest absolute Gasteiger partial charge is 0.493 e. The Labute approximate surface area is 172 Å². The zero-order valence-corrected chi connectivity index (χ0v) is 17.5. The van der Waals surface area contributed by atoms with Crippen LogP contribution in [0.25, 0.3) is 10.2 Å². The quantitative estimate of drug-likeness (QED) is 0.580. The maximum atomic E-state index is 12.6. The normalized spacial score (nSPS) is 11.5. The van der Waals surface area contributed by atoms with E-state index in [1.54, 1.807) is 37.0 Å². The second-order valence-corrected chi connectivity index (χ2v) is 7.40. The van der Waals surface area contributed by atoms with Crippen LogP contribution in [-0.4, -0.2) is 37.8 Å². The number of nitrogens with zero attached hydrogens (tertiary/aromatic N) is 2. The van der Waals surface area contributed by atoms with E-state index in [1.807, 2.05) is 25.1 Å². The van der Waals surface area contributed by atoms with Gasteiger partial charge in [0, 0.05) is 0 Å². The van der Waals surface area contributed by atoms with Crippen LogP contribution in [0.3, 0.4) is 0 Å². The van der Waals surface area contributed by atoms with Gasteiger partial charge >= 0.3 is 5.97 Å².